The molecular weight excluding hydrogens is 238 g/mol. The number of aromatic nitrogens is 3. The van der Waals surface area contributed by atoms with Crippen molar-refractivity contribution < 1.29 is 0 Å². The highest BCUT2D eigenvalue weighted by Gasteiger charge is 2.06. The zero-order chi connectivity index (χ0) is 13.7. The van der Waals surface area contributed by atoms with Crippen LogP contribution in [0.5, 0.6) is 0 Å². The Morgan fingerprint density at radius 1 is 1.26 bits per heavy atom. The van der Waals surface area contributed by atoms with E-state index in [4.69, 9.17) is 5.26 Å². The SMILES string of the molecule is Cc1nc(C#N)cc(N(C)CCc2ccncc2)n1. The first-order valence-corrected chi connectivity index (χ1v) is 6.05. The summed E-state index contributed by atoms with van der Waals surface area (Å²) in [6, 6.07) is 7.76. The van der Waals surface area contributed by atoms with Crippen LogP contribution in [0.3, 0.4) is 0 Å². The predicted molar refractivity (Wildman–Crippen MR) is 72.7 cm³/mol. The van der Waals surface area contributed by atoms with Gasteiger partial charge in [0.15, 0.2) is 0 Å². The fourth-order valence-corrected chi connectivity index (χ4v) is 1.77. The lowest BCUT2D eigenvalue weighted by Crippen LogP contribution is -2.22. The number of hydrogen-bond donors (Lipinski definition) is 0. The van der Waals surface area contributed by atoms with Gasteiger partial charge in [0, 0.05) is 32.1 Å². The second-order valence-electron chi connectivity index (χ2n) is 4.30. The van der Waals surface area contributed by atoms with Gasteiger partial charge < -0.3 is 4.90 Å². The van der Waals surface area contributed by atoms with Crippen molar-refractivity contribution in [2.24, 2.45) is 0 Å². The molecule has 5 nitrogen and oxygen atoms in total. The van der Waals surface area contributed by atoms with Gasteiger partial charge in [-0.3, -0.25) is 4.98 Å². The molecule has 2 rings (SSSR count). The molecule has 0 aromatic carbocycles. The largest absolute Gasteiger partial charge is 0.359 e. The van der Waals surface area contributed by atoms with Gasteiger partial charge in [-0.2, -0.15) is 5.26 Å². The average Bonchev–Trinajstić information content (AvgIpc) is 2.45. The predicted octanol–water partition coefficient (Wildman–Crippen LogP) is 1.73. The fourth-order valence-electron chi connectivity index (χ4n) is 1.77. The molecule has 0 fully saturated rings. The number of nitrogens with zero attached hydrogens (tertiary/aromatic N) is 5. The van der Waals surface area contributed by atoms with E-state index in [1.807, 2.05) is 24.1 Å². The molecule has 0 amide bonds. The van der Waals surface area contributed by atoms with E-state index < -0.39 is 0 Å². The van der Waals surface area contributed by atoms with Crippen LogP contribution in [-0.4, -0.2) is 28.5 Å². The molecule has 0 spiro atoms. The molecule has 0 bridgehead atoms. The lowest BCUT2D eigenvalue weighted by Gasteiger charge is -2.18. The van der Waals surface area contributed by atoms with E-state index in [2.05, 4.69) is 21.0 Å². The van der Waals surface area contributed by atoms with Crippen molar-refractivity contribution >= 4 is 5.82 Å². The summed E-state index contributed by atoms with van der Waals surface area (Å²) in [4.78, 5) is 14.4. The summed E-state index contributed by atoms with van der Waals surface area (Å²) in [5.41, 5.74) is 1.63. The molecule has 0 saturated carbocycles. The lowest BCUT2D eigenvalue weighted by atomic mass is 10.2. The fraction of sp³-hybridized carbons (Fsp3) is 0.286. The van der Waals surface area contributed by atoms with Crippen LogP contribution in [0.25, 0.3) is 0 Å². The molecule has 0 aliphatic carbocycles. The Labute approximate surface area is 112 Å². The third kappa shape index (κ3) is 3.49. The van der Waals surface area contributed by atoms with Crippen LogP contribution in [0.1, 0.15) is 17.1 Å². The van der Waals surface area contributed by atoms with Crippen molar-refractivity contribution in [3.05, 3.63) is 47.7 Å². The van der Waals surface area contributed by atoms with Crippen molar-refractivity contribution in [1.82, 2.24) is 15.0 Å². The first-order valence-electron chi connectivity index (χ1n) is 6.05. The molecule has 2 heterocycles. The summed E-state index contributed by atoms with van der Waals surface area (Å²) in [6.07, 6.45) is 4.49. The third-order valence-corrected chi connectivity index (χ3v) is 2.82. The number of rotatable bonds is 4. The number of aryl methyl sites for hydroxylation is 1. The monoisotopic (exact) mass is 253 g/mol. The number of nitriles is 1. The molecule has 19 heavy (non-hydrogen) atoms. The Balaban J connectivity index is 2.06. The van der Waals surface area contributed by atoms with Gasteiger partial charge in [-0.1, -0.05) is 0 Å². The normalized spacial score (nSPS) is 9.95. The van der Waals surface area contributed by atoms with E-state index in [-0.39, 0.29) is 0 Å². The number of likely N-dealkylation sites (N-methyl/N-ethyl adjacent to an activating group) is 1. The van der Waals surface area contributed by atoms with Crippen LogP contribution in [0.2, 0.25) is 0 Å². The van der Waals surface area contributed by atoms with Crippen molar-refractivity contribution in [3.63, 3.8) is 0 Å². The molecule has 0 radical (unpaired) electrons. The highest BCUT2D eigenvalue weighted by molar-refractivity contribution is 5.42. The summed E-state index contributed by atoms with van der Waals surface area (Å²) >= 11 is 0. The Bertz CT molecular complexity index is 589. The standard InChI is InChI=1S/C14H15N5/c1-11-17-13(10-15)9-14(18-11)19(2)8-5-12-3-6-16-7-4-12/h3-4,6-7,9H,5,8H2,1-2H3. The quantitative estimate of drug-likeness (QED) is 0.830. The Morgan fingerprint density at radius 2 is 2.00 bits per heavy atom. The van der Waals surface area contributed by atoms with Crippen LogP contribution in [0.4, 0.5) is 5.82 Å². The molecule has 0 aliphatic rings. The summed E-state index contributed by atoms with van der Waals surface area (Å²) in [6.45, 7) is 2.62. The highest BCUT2D eigenvalue weighted by atomic mass is 15.2. The summed E-state index contributed by atoms with van der Waals surface area (Å²) in [5.74, 6) is 1.39. The van der Waals surface area contributed by atoms with E-state index in [0.717, 1.165) is 18.8 Å². The van der Waals surface area contributed by atoms with Gasteiger partial charge in [-0.15, -0.1) is 0 Å². The minimum atomic E-state index is 0.401. The highest BCUT2D eigenvalue weighted by Crippen LogP contribution is 2.11. The topological polar surface area (TPSA) is 65.7 Å². The zero-order valence-corrected chi connectivity index (χ0v) is 11.0. The van der Waals surface area contributed by atoms with E-state index in [1.165, 1.54) is 5.56 Å². The molecule has 0 atom stereocenters. The van der Waals surface area contributed by atoms with Gasteiger partial charge in [-0.25, -0.2) is 9.97 Å². The molecule has 0 saturated heterocycles. The van der Waals surface area contributed by atoms with Crippen LogP contribution in [0, 0.1) is 18.3 Å². The first-order chi connectivity index (χ1) is 9.19. The molecule has 2 aromatic rings. The van der Waals surface area contributed by atoms with Crippen molar-refractivity contribution in [1.29, 1.82) is 5.26 Å². The number of hydrogen-bond acceptors (Lipinski definition) is 5. The molecule has 2 aromatic heterocycles. The zero-order valence-electron chi connectivity index (χ0n) is 11.0. The second-order valence-corrected chi connectivity index (χ2v) is 4.30. The Kier molecular flexibility index (Phi) is 4.04. The Morgan fingerprint density at radius 3 is 2.68 bits per heavy atom. The summed E-state index contributed by atoms with van der Waals surface area (Å²) in [7, 11) is 1.96. The minimum Gasteiger partial charge on any atom is -0.359 e. The average molecular weight is 253 g/mol. The molecular formula is C14H15N5. The lowest BCUT2D eigenvalue weighted by molar-refractivity contribution is 0.846. The van der Waals surface area contributed by atoms with Gasteiger partial charge in [-0.05, 0) is 31.0 Å². The second kappa shape index (κ2) is 5.91. The van der Waals surface area contributed by atoms with E-state index in [0.29, 0.717) is 11.5 Å². The Hall–Kier alpha value is -2.48. The maximum Gasteiger partial charge on any atom is 0.146 e. The minimum absolute atomic E-state index is 0.401. The van der Waals surface area contributed by atoms with Gasteiger partial charge >= 0.3 is 0 Å². The number of anilines is 1. The first kappa shape index (κ1) is 13.0. The van der Waals surface area contributed by atoms with Crippen LogP contribution in [-0.2, 0) is 6.42 Å². The van der Waals surface area contributed by atoms with Crippen LogP contribution in [0.15, 0.2) is 30.6 Å². The van der Waals surface area contributed by atoms with E-state index >= 15 is 0 Å². The molecule has 0 unspecified atom stereocenters. The van der Waals surface area contributed by atoms with Gasteiger partial charge in [0.25, 0.3) is 0 Å². The molecule has 0 N–H and O–H groups in total. The third-order valence-electron chi connectivity index (χ3n) is 2.82. The molecule has 96 valence electrons. The smallest absolute Gasteiger partial charge is 0.146 e. The van der Waals surface area contributed by atoms with E-state index in [9.17, 15) is 0 Å². The summed E-state index contributed by atoms with van der Waals surface area (Å²) in [5, 5.41) is 8.91. The van der Waals surface area contributed by atoms with Gasteiger partial charge in [0.1, 0.15) is 23.4 Å². The van der Waals surface area contributed by atoms with Crippen molar-refractivity contribution in [2.75, 3.05) is 18.5 Å². The number of pyridine rings is 1. The van der Waals surface area contributed by atoms with Crippen molar-refractivity contribution in [2.45, 2.75) is 13.3 Å². The van der Waals surface area contributed by atoms with Gasteiger partial charge in [0.05, 0.1) is 0 Å². The van der Waals surface area contributed by atoms with Gasteiger partial charge in [0.2, 0.25) is 0 Å². The summed E-state index contributed by atoms with van der Waals surface area (Å²) < 4.78 is 0. The van der Waals surface area contributed by atoms with Crippen LogP contribution < -0.4 is 4.90 Å². The molecule has 0 aliphatic heterocycles. The van der Waals surface area contributed by atoms with Crippen molar-refractivity contribution in [3.8, 4) is 6.07 Å². The molecule has 5 heteroatoms. The maximum absolute atomic E-state index is 8.91. The van der Waals surface area contributed by atoms with E-state index in [1.54, 1.807) is 25.4 Å². The van der Waals surface area contributed by atoms with Crippen LogP contribution >= 0.6 is 0 Å². The maximum atomic E-state index is 8.91.